The van der Waals surface area contributed by atoms with E-state index in [1.807, 2.05) is 0 Å². The molecule has 2 heteroatoms. The molecule has 2 saturated carbocycles. The molecule has 0 nitrogen and oxygen atoms in total. The topological polar surface area (TPSA) is 0 Å². The van der Waals surface area contributed by atoms with Crippen LogP contribution < -0.4 is 0 Å². The van der Waals surface area contributed by atoms with Crippen molar-refractivity contribution in [3.8, 4) is 0 Å². The molecule has 4 unspecified atom stereocenters. The second-order valence-electron chi connectivity index (χ2n) is 7.00. The van der Waals surface area contributed by atoms with Gasteiger partial charge in [-0.05, 0) is 50.9 Å². The molecule has 0 aromatic heterocycles. The molecule has 0 bridgehead atoms. The van der Waals surface area contributed by atoms with Crippen molar-refractivity contribution in [1.82, 2.24) is 0 Å². The van der Waals surface area contributed by atoms with Gasteiger partial charge in [0, 0.05) is 6.66 Å². The van der Waals surface area contributed by atoms with Gasteiger partial charge < -0.3 is 7.43 Å². The molecule has 0 radical (unpaired) electrons. The normalized spacial score (nSPS) is 34.2. The largest absolute Gasteiger partial charge is 2.00 e. The van der Waals surface area contributed by atoms with Gasteiger partial charge in [-0.2, -0.15) is 6.42 Å². The van der Waals surface area contributed by atoms with E-state index in [1.165, 1.54) is 50.8 Å². The van der Waals surface area contributed by atoms with Gasteiger partial charge >= 0.3 is 17.1 Å². The van der Waals surface area contributed by atoms with Crippen molar-refractivity contribution in [3.05, 3.63) is 13.8 Å². The predicted molar refractivity (Wildman–Crippen MR) is 92.3 cm³/mol. The summed E-state index contributed by atoms with van der Waals surface area (Å²) in [4.78, 5) is 0. The summed E-state index contributed by atoms with van der Waals surface area (Å²) in [6, 6.07) is 0. The Balaban J connectivity index is 0.00000180. The van der Waals surface area contributed by atoms with Crippen molar-refractivity contribution in [2.24, 2.45) is 17.8 Å². The van der Waals surface area contributed by atoms with Crippen LogP contribution in [0.25, 0.3) is 0 Å². The zero-order chi connectivity index (χ0) is 13.2. The van der Waals surface area contributed by atoms with Crippen LogP contribution in [0.5, 0.6) is 0 Å². The fraction of sp³-hybridized carbons (Fsp3) is 0.889. The van der Waals surface area contributed by atoms with Crippen molar-refractivity contribution in [2.75, 3.05) is 19.0 Å². The first-order valence-electron chi connectivity index (χ1n) is 8.30. The standard InChI is InChI=1S/C17H33P.CH3.Fe/c1-5-18(4,6-2)17-13-8-7-11-16(17)15-12-9-10-14(15)3;;/h13-17H,5-12H2,1-4H3;1H3;/q;-1;+2. The summed E-state index contributed by atoms with van der Waals surface area (Å²) in [6.45, 7) is 10.1. The molecule has 2 rings (SSSR count). The smallest absolute Gasteiger partial charge is 0.358 e. The molecule has 20 heavy (non-hydrogen) atoms. The van der Waals surface area contributed by atoms with Gasteiger partial charge in [-0.15, -0.1) is 0 Å². The van der Waals surface area contributed by atoms with Crippen molar-refractivity contribution >= 4 is 7.26 Å². The van der Waals surface area contributed by atoms with E-state index in [0.717, 1.165) is 23.4 Å². The maximum absolute atomic E-state index is 2.76. The van der Waals surface area contributed by atoms with Gasteiger partial charge in [-0.25, -0.2) is 0 Å². The van der Waals surface area contributed by atoms with E-state index >= 15 is 0 Å². The Morgan fingerprint density at radius 3 is 2.10 bits per heavy atom. The molecule has 0 amide bonds. The van der Waals surface area contributed by atoms with E-state index in [4.69, 9.17) is 0 Å². The van der Waals surface area contributed by atoms with Crippen LogP contribution in [0.15, 0.2) is 0 Å². The molecule has 0 aromatic rings. The molecule has 2 aliphatic carbocycles. The minimum atomic E-state index is -0.697. The van der Waals surface area contributed by atoms with Crippen LogP contribution in [-0.4, -0.2) is 24.6 Å². The molecule has 0 aromatic carbocycles. The molecule has 2 fully saturated rings. The third-order valence-corrected chi connectivity index (χ3v) is 11.2. The fourth-order valence-corrected chi connectivity index (χ4v) is 7.87. The Hall–Kier alpha value is 0.949. The predicted octanol–water partition coefficient (Wildman–Crippen LogP) is 5.93. The fourth-order valence-electron chi connectivity index (χ4n) is 4.63. The van der Waals surface area contributed by atoms with Gasteiger partial charge in [0.1, 0.15) is 0 Å². The van der Waals surface area contributed by atoms with E-state index in [-0.39, 0.29) is 24.5 Å². The van der Waals surface area contributed by atoms with Gasteiger partial charge in [0.25, 0.3) is 0 Å². The summed E-state index contributed by atoms with van der Waals surface area (Å²) < 4.78 is 0. The van der Waals surface area contributed by atoms with Gasteiger partial charge in [0.15, 0.2) is 0 Å². The number of hydrogen-bond donors (Lipinski definition) is 0. The molecule has 0 spiro atoms. The summed E-state index contributed by atoms with van der Waals surface area (Å²) in [5.41, 5.74) is 1.01. The number of rotatable bonds is 4. The third-order valence-electron chi connectivity index (χ3n) is 6.23. The molecule has 4 atom stereocenters. The Bertz CT molecular complexity index is 262. The first-order chi connectivity index (χ1) is 8.62. The zero-order valence-electron chi connectivity index (χ0n) is 14.3. The Kier molecular flexibility index (Phi) is 9.61. The molecule has 0 heterocycles. The van der Waals surface area contributed by atoms with Crippen LogP contribution in [0.1, 0.15) is 59.3 Å². The molecular formula is C18H36FeP+. The monoisotopic (exact) mass is 339 g/mol. The molecule has 0 N–H and O–H groups in total. The molecule has 0 aliphatic heterocycles. The third kappa shape index (κ3) is 4.24. The van der Waals surface area contributed by atoms with E-state index in [9.17, 15) is 0 Å². The summed E-state index contributed by atoms with van der Waals surface area (Å²) in [6.07, 6.45) is 14.6. The van der Waals surface area contributed by atoms with E-state index in [1.54, 1.807) is 0 Å². The first-order valence-corrected chi connectivity index (χ1v) is 11.0. The average Bonchev–Trinajstić information content (AvgIpc) is 2.84. The molecule has 120 valence electrons. The van der Waals surface area contributed by atoms with Crippen LogP contribution in [0.3, 0.4) is 0 Å². The van der Waals surface area contributed by atoms with Crippen LogP contribution in [-0.2, 0) is 17.1 Å². The van der Waals surface area contributed by atoms with Crippen molar-refractivity contribution in [1.29, 1.82) is 0 Å². The second-order valence-corrected chi connectivity index (χ2v) is 11.8. The van der Waals surface area contributed by atoms with Gasteiger partial charge in [-0.3, -0.25) is 6.42 Å². The van der Waals surface area contributed by atoms with Crippen molar-refractivity contribution in [3.63, 3.8) is 0 Å². The van der Waals surface area contributed by atoms with Crippen LogP contribution in [0.2, 0.25) is 0 Å². The van der Waals surface area contributed by atoms with E-state index in [0.29, 0.717) is 0 Å². The Morgan fingerprint density at radius 2 is 1.60 bits per heavy atom. The molecule has 2 aliphatic rings. The minimum absolute atomic E-state index is 0. The first kappa shape index (κ1) is 20.9. The van der Waals surface area contributed by atoms with Crippen LogP contribution >= 0.6 is 7.26 Å². The Labute approximate surface area is 140 Å². The summed E-state index contributed by atoms with van der Waals surface area (Å²) in [5, 5.41) is 0. The second kappa shape index (κ2) is 9.17. The van der Waals surface area contributed by atoms with Crippen molar-refractivity contribution in [2.45, 2.75) is 65.0 Å². The summed E-state index contributed by atoms with van der Waals surface area (Å²) in [5.74, 6) is 3.12. The SMILES string of the molecule is CC[P+](C)(CC)C1[CH-]CCCC1C1CCCC1C.[CH3-].[Fe+2]. The van der Waals surface area contributed by atoms with Crippen molar-refractivity contribution < 1.29 is 17.1 Å². The van der Waals surface area contributed by atoms with Crippen LogP contribution in [0, 0.1) is 31.6 Å². The van der Waals surface area contributed by atoms with E-state index in [2.05, 4.69) is 33.9 Å². The number of hydrogen-bond acceptors (Lipinski definition) is 0. The maximum Gasteiger partial charge on any atom is 2.00 e. The van der Waals surface area contributed by atoms with E-state index < -0.39 is 7.26 Å². The van der Waals surface area contributed by atoms with Gasteiger partial charge in [0.2, 0.25) is 0 Å². The maximum atomic E-state index is 2.76. The molecule has 0 saturated heterocycles. The molecular weight excluding hydrogens is 303 g/mol. The van der Waals surface area contributed by atoms with Crippen LogP contribution in [0.4, 0.5) is 0 Å². The Morgan fingerprint density at radius 1 is 1.00 bits per heavy atom. The minimum Gasteiger partial charge on any atom is -0.358 e. The summed E-state index contributed by atoms with van der Waals surface area (Å²) in [7, 11) is -0.697. The average molecular weight is 339 g/mol. The quantitative estimate of drug-likeness (QED) is 0.338. The van der Waals surface area contributed by atoms with Gasteiger partial charge in [-0.1, -0.05) is 32.6 Å². The zero-order valence-corrected chi connectivity index (χ0v) is 16.3. The summed E-state index contributed by atoms with van der Waals surface area (Å²) >= 11 is 0. The van der Waals surface area contributed by atoms with Gasteiger partial charge in [0.05, 0.1) is 12.3 Å².